The van der Waals surface area contributed by atoms with Gasteiger partial charge in [-0.15, -0.1) is 0 Å². The molecule has 0 saturated carbocycles. The summed E-state index contributed by atoms with van der Waals surface area (Å²) in [5.41, 5.74) is 2.62. The van der Waals surface area contributed by atoms with Crippen LogP contribution in [0.25, 0.3) is 0 Å². The molecule has 124 valence electrons. The minimum absolute atomic E-state index is 0.0243. The molecule has 0 atom stereocenters. The van der Waals surface area contributed by atoms with E-state index < -0.39 is 0 Å². The van der Waals surface area contributed by atoms with Crippen LogP contribution in [0.4, 0.5) is 0 Å². The predicted octanol–water partition coefficient (Wildman–Crippen LogP) is 2.00. The van der Waals surface area contributed by atoms with Crippen LogP contribution in [-0.2, 0) is 9.59 Å². The van der Waals surface area contributed by atoms with E-state index in [4.69, 9.17) is 0 Å². The number of Topliss-reactive ketones (excluding diaryl/α,β-unsaturated/α-hetero) is 1. The SMILES string of the molecule is Cc1ccc(C)c(C(=O)CCC(=O)NCC(=O)N2CCCC2)c1. The molecule has 1 aliphatic rings. The minimum Gasteiger partial charge on any atom is -0.347 e. The smallest absolute Gasteiger partial charge is 0.241 e. The summed E-state index contributed by atoms with van der Waals surface area (Å²) >= 11 is 0. The molecule has 1 fully saturated rings. The molecule has 5 heteroatoms. The van der Waals surface area contributed by atoms with E-state index >= 15 is 0 Å². The molecule has 1 aliphatic heterocycles. The Morgan fingerprint density at radius 3 is 2.48 bits per heavy atom. The van der Waals surface area contributed by atoms with Crippen LogP contribution >= 0.6 is 0 Å². The summed E-state index contributed by atoms with van der Waals surface area (Å²) in [7, 11) is 0. The van der Waals surface area contributed by atoms with Crippen molar-refractivity contribution in [1.29, 1.82) is 0 Å². The van der Waals surface area contributed by atoms with E-state index in [0.29, 0.717) is 5.56 Å². The Bertz CT molecular complexity index is 604. The highest BCUT2D eigenvalue weighted by Gasteiger charge is 2.18. The van der Waals surface area contributed by atoms with Gasteiger partial charge in [-0.25, -0.2) is 0 Å². The third-order valence-electron chi connectivity index (χ3n) is 4.17. The van der Waals surface area contributed by atoms with E-state index in [-0.39, 0.29) is 37.0 Å². The van der Waals surface area contributed by atoms with Crippen LogP contribution in [0.2, 0.25) is 0 Å². The van der Waals surface area contributed by atoms with Gasteiger partial charge in [-0.1, -0.05) is 17.7 Å². The second kappa shape index (κ2) is 7.90. The number of hydrogen-bond donors (Lipinski definition) is 1. The van der Waals surface area contributed by atoms with Crippen LogP contribution in [0.15, 0.2) is 18.2 Å². The number of amides is 2. The Balaban J connectivity index is 1.76. The first-order valence-corrected chi connectivity index (χ1v) is 8.12. The van der Waals surface area contributed by atoms with Gasteiger partial charge in [0.1, 0.15) is 0 Å². The lowest BCUT2D eigenvalue weighted by atomic mass is 9.99. The molecule has 0 spiro atoms. The topological polar surface area (TPSA) is 66.5 Å². The van der Waals surface area contributed by atoms with E-state index in [1.165, 1.54) is 0 Å². The van der Waals surface area contributed by atoms with Gasteiger partial charge in [0.05, 0.1) is 6.54 Å². The highest BCUT2D eigenvalue weighted by atomic mass is 16.2. The predicted molar refractivity (Wildman–Crippen MR) is 88.3 cm³/mol. The highest BCUT2D eigenvalue weighted by molar-refractivity contribution is 5.99. The summed E-state index contributed by atoms with van der Waals surface area (Å²) in [4.78, 5) is 37.6. The first-order chi connectivity index (χ1) is 11.0. The summed E-state index contributed by atoms with van der Waals surface area (Å²) in [5, 5.41) is 2.61. The van der Waals surface area contributed by atoms with Crippen molar-refractivity contribution in [3.05, 3.63) is 34.9 Å². The fraction of sp³-hybridized carbons (Fsp3) is 0.500. The highest BCUT2D eigenvalue weighted by Crippen LogP contribution is 2.14. The molecule has 0 unspecified atom stereocenters. The van der Waals surface area contributed by atoms with Gasteiger partial charge >= 0.3 is 0 Å². The molecular weight excluding hydrogens is 292 g/mol. The average molecular weight is 316 g/mol. The second-order valence-electron chi connectivity index (χ2n) is 6.11. The number of nitrogens with zero attached hydrogens (tertiary/aromatic N) is 1. The van der Waals surface area contributed by atoms with Crippen LogP contribution in [0.5, 0.6) is 0 Å². The average Bonchev–Trinajstić information content (AvgIpc) is 3.07. The van der Waals surface area contributed by atoms with E-state index in [1.807, 2.05) is 32.0 Å². The van der Waals surface area contributed by atoms with Crippen molar-refractivity contribution in [2.75, 3.05) is 19.6 Å². The van der Waals surface area contributed by atoms with Gasteiger partial charge in [0.2, 0.25) is 11.8 Å². The number of nitrogens with one attached hydrogen (secondary N) is 1. The number of hydrogen-bond acceptors (Lipinski definition) is 3. The Hall–Kier alpha value is -2.17. The second-order valence-corrected chi connectivity index (χ2v) is 6.11. The van der Waals surface area contributed by atoms with Crippen molar-refractivity contribution in [2.24, 2.45) is 0 Å². The zero-order chi connectivity index (χ0) is 16.8. The molecule has 2 rings (SSSR count). The van der Waals surface area contributed by atoms with Gasteiger partial charge < -0.3 is 10.2 Å². The number of aryl methyl sites for hydroxylation is 2. The maximum atomic E-state index is 12.2. The summed E-state index contributed by atoms with van der Waals surface area (Å²) in [6.07, 6.45) is 2.33. The van der Waals surface area contributed by atoms with Gasteiger partial charge in [-0.2, -0.15) is 0 Å². The van der Waals surface area contributed by atoms with Crippen molar-refractivity contribution >= 4 is 17.6 Å². The van der Waals surface area contributed by atoms with Crippen LogP contribution in [0.1, 0.15) is 47.2 Å². The van der Waals surface area contributed by atoms with Crippen LogP contribution in [-0.4, -0.2) is 42.1 Å². The van der Waals surface area contributed by atoms with Gasteiger partial charge in [-0.05, 0) is 38.3 Å². The zero-order valence-corrected chi connectivity index (χ0v) is 13.9. The minimum atomic E-state index is -0.254. The van der Waals surface area contributed by atoms with Crippen LogP contribution in [0, 0.1) is 13.8 Å². The molecule has 2 amide bonds. The Morgan fingerprint density at radius 1 is 1.09 bits per heavy atom. The van der Waals surface area contributed by atoms with Crippen molar-refractivity contribution in [3.63, 3.8) is 0 Å². The summed E-state index contributed by atoms with van der Waals surface area (Å²) < 4.78 is 0. The Labute approximate surface area is 137 Å². The third-order valence-corrected chi connectivity index (χ3v) is 4.17. The molecule has 1 aromatic rings. The van der Waals surface area contributed by atoms with Crippen LogP contribution < -0.4 is 5.32 Å². The number of likely N-dealkylation sites (tertiary alicyclic amines) is 1. The molecule has 1 heterocycles. The van der Waals surface area contributed by atoms with E-state index in [0.717, 1.165) is 37.1 Å². The lowest BCUT2D eigenvalue weighted by Gasteiger charge is -2.15. The van der Waals surface area contributed by atoms with E-state index in [2.05, 4.69) is 5.32 Å². The Morgan fingerprint density at radius 2 is 1.78 bits per heavy atom. The standard InChI is InChI=1S/C18H24N2O3/c1-13-5-6-14(2)15(11-13)16(21)7-8-17(22)19-12-18(23)20-9-3-4-10-20/h5-6,11H,3-4,7-10,12H2,1-2H3,(H,19,22). The van der Waals surface area contributed by atoms with Crippen molar-refractivity contribution in [3.8, 4) is 0 Å². The number of benzene rings is 1. The van der Waals surface area contributed by atoms with Crippen LogP contribution in [0.3, 0.4) is 0 Å². The molecule has 0 aliphatic carbocycles. The molecule has 1 aromatic carbocycles. The Kier molecular flexibility index (Phi) is 5.90. The maximum absolute atomic E-state index is 12.2. The number of ketones is 1. The normalized spacial score (nSPS) is 13.9. The van der Waals surface area contributed by atoms with Crippen molar-refractivity contribution in [2.45, 2.75) is 39.5 Å². The van der Waals surface area contributed by atoms with Crippen molar-refractivity contribution < 1.29 is 14.4 Å². The lowest BCUT2D eigenvalue weighted by Crippen LogP contribution is -2.38. The first kappa shape index (κ1) is 17.2. The molecule has 0 bridgehead atoms. The van der Waals surface area contributed by atoms with Gasteiger partial charge in [0, 0.05) is 31.5 Å². The third kappa shape index (κ3) is 4.91. The molecule has 23 heavy (non-hydrogen) atoms. The monoisotopic (exact) mass is 316 g/mol. The lowest BCUT2D eigenvalue weighted by molar-refractivity contribution is -0.132. The van der Waals surface area contributed by atoms with Gasteiger partial charge in [0.25, 0.3) is 0 Å². The summed E-state index contributed by atoms with van der Waals surface area (Å²) in [5.74, 6) is -0.333. The zero-order valence-electron chi connectivity index (χ0n) is 13.9. The number of carbonyl (C=O) groups is 3. The van der Waals surface area contributed by atoms with E-state index in [1.54, 1.807) is 4.90 Å². The molecule has 1 saturated heterocycles. The van der Waals surface area contributed by atoms with E-state index in [9.17, 15) is 14.4 Å². The first-order valence-electron chi connectivity index (χ1n) is 8.12. The molecule has 0 radical (unpaired) electrons. The van der Waals surface area contributed by atoms with Crippen molar-refractivity contribution in [1.82, 2.24) is 10.2 Å². The van der Waals surface area contributed by atoms with Gasteiger partial charge in [0.15, 0.2) is 5.78 Å². The molecular formula is C18H24N2O3. The van der Waals surface area contributed by atoms with Gasteiger partial charge in [-0.3, -0.25) is 14.4 Å². The maximum Gasteiger partial charge on any atom is 0.241 e. The quantitative estimate of drug-likeness (QED) is 0.816. The number of carbonyl (C=O) groups excluding carboxylic acids is 3. The fourth-order valence-corrected chi connectivity index (χ4v) is 2.74. The summed E-state index contributed by atoms with van der Waals surface area (Å²) in [6.45, 7) is 5.41. The largest absolute Gasteiger partial charge is 0.347 e. The molecule has 1 N–H and O–H groups in total. The molecule has 5 nitrogen and oxygen atoms in total. The summed E-state index contributed by atoms with van der Waals surface area (Å²) in [6, 6.07) is 5.73. The number of rotatable bonds is 6. The fourth-order valence-electron chi connectivity index (χ4n) is 2.74. The molecule has 0 aromatic heterocycles.